The Morgan fingerprint density at radius 1 is 1.70 bits per heavy atom. The molecule has 0 radical (unpaired) electrons. The fraction of sp³-hybridized carbons (Fsp3) is 0.714. The first-order valence-electron chi connectivity index (χ1n) is 3.30. The van der Waals surface area contributed by atoms with Gasteiger partial charge in [0.15, 0.2) is 0 Å². The van der Waals surface area contributed by atoms with Crippen molar-refractivity contribution in [3.8, 4) is 0 Å². The molecule has 1 unspecified atom stereocenters. The fourth-order valence-electron chi connectivity index (χ4n) is 1.00. The van der Waals surface area contributed by atoms with Gasteiger partial charge in [-0.1, -0.05) is 6.92 Å². The van der Waals surface area contributed by atoms with Crippen LogP contribution in [0.25, 0.3) is 0 Å². The summed E-state index contributed by atoms with van der Waals surface area (Å²) in [6.45, 7) is 1.88. The molecule has 1 aliphatic carbocycles. The van der Waals surface area contributed by atoms with Gasteiger partial charge in [-0.2, -0.15) is 0 Å². The van der Waals surface area contributed by atoms with Crippen LogP contribution >= 0.6 is 0 Å². The summed E-state index contributed by atoms with van der Waals surface area (Å²) in [5, 5.41) is 6.89. The summed E-state index contributed by atoms with van der Waals surface area (Å²) in [6, 6.07) is 0. The number of carbonyl (C=O) groups is 2. The quantitative estimate of drug-likeness (QED) is 0.517. The number of rotatable bonds is 0. The second kappa shape index (κ2) is 4.97. The highest BCUT2D eigenvalue weighted by Crippen LogP contribution is 2.19. The molecule has 0 saturated heterocycles. The Kier molecular flexibility index (Phi) is 4.54. The van der Waals surface area contributed by atoms with Crippen molar-refractivity contribution in [2.24, 2.45) is 5.92 Å². The highest BCUT2D eigenvalue weighted by molar-refractivity contribution is 5.80. The van der Waals surface area contributed by atoms with Crippen molar-refractivity contribution in [1.29, 1.82) is 0 Å². The molecular formula is C7H12O3. The minimum absolute atomic E-state index is 0.250. The number of Topliss-reactive ketones (excluding diaryl/α,β-unsaturated/α-hetero) is 1. The molecule has 0 heterocycles. The Hall–Kier alpha value is -0.860. The van der Waals surface area contributed by atoms with E-state index in [2.05, 4.69) is 6.92 Å². The molecule has 0 spiro atoms. The van der Waals surface area contributed by atoms with Crippen LogP contribution < -0.4 is 0 Å². The van der Waals surface area contributed by atoms with Crippen LogP contribution in [0.5, 0.6) is 0 Å². The maximum absolute atomic E-state index is 10.5. The molecule has 1 N–H and O–H groups in total. The molecule has 0 amide bonds. The van der Waals surface area contributed by atoms with E-state index < -0.39 is 0 Å². The van der Waals surface area contributed by atoms with Gasteiger partial charge in [-0.15, -0.1) is 0 Å². The van der Waals surface area contributed by atoms with Gasteiger partial charge < -0.3 is 5.11 Å². The summed E-state index contributed by atoms with van der Waals surface area (Å²) >= 11 is 0. The van der Waals surface area contributed by atoms with Gasteiger partial charge in [0.25, 0.3) is 6.47 Å². The van der Waals surface area contributed by atoms with Crippen molar-refractivity contribution in [3.05, 3.63) is 0 Å². The van der Waals surface area contributed by atoms with Gasteiger partial charge in [-0.05, 0) is 12.3 Å². The SMILES string of the molecule is CC1CCC(=O)C1.O=CO. The average molecular weight is 144 g/mol. The number of carbonyl (C=O) groups excluding carboxylic acids is 1. The van der Waals surface area contributed by atoms with Gasteiger partial charge in [0, 0.05) is 12.8 Å². The van der Waals surface area contributed by atoms with E-state index in [4.69, 9.17) is 9.90 Å². The van der Waals surface area contributed by atoms with E-state index in [0.717, 1.165) is 19.3 Å². The van der Waals surface area contributed by atoms with Crippen molar-refractivity contribution >= 4 is 12.3 Å². The van der Waals surface area contributed by atoms with E-state index in [0.29, 0.717) is 11.7 Å². The Balaban J connectivity index is 0.000000236. The van der Waals surface area contributed by atoms with Crippen molar-refractivity contribution in [2.45, 2.75) is 26.2 Å². The van der Waals surface area contributed by atoms with Crippen LogP contribution in [-0.4, -0.2) is 17.4 Å². The molecule has 10 heavy (non-hydrogen) atoms. The van der Waals surface area contributed by atoms with E-state index in [-0.39, 0.29) is 6.47 Å². The van der Waals surface area contributed by atoms with Crippen LogP contribution in [0.4, 0.5) is 0 Å². The first-order valence-corrected chi connectivity index (χ1v) is 3.30. The van der Waals surface area contributed by atoms with Gasteiger partial charge in [0.2, 0.25) is 0 Å². The molecule has 1 rings (SSSR count). The molecule has 1 saturated carbocycles. The van der Waals surface area contributed by atoms with Crippen LogP contribution in [0.15, 0.2) is 0 Å². The van der Waals surface area contributed by atoms with Gasteiger partial charge >= 0.3 is 0 Å². The molecule has 1 fully saturated rings. The summed E-state index contributed by atoms with van der Waals surface area (Å²) in [5.74, 6) is 1.12. The van der Waals surface area contributed by atoms with E-state index >= 15 is 0 Å². The predicted octanol–water partition coefficient (Wildman–Crippen LogP) is 1.08. The monoisotopic (exact) mass is 144 g/mol. The van der Waals surface area contributed by atoms with E-state index in [1.54, 1.807) is 0 Å². The highest BCUT2D eigenvalue weighted by Gasteiger charge is 2.16. The van der Waals surface area contributed by atoms with Gasteiger partial charge in [-0.25, -0.2) is 0 Å². The Morgan fingerprint density at radius 2 is 2.20 bits per heavy atom. The Bertz CT molecular complexity index is 120. The third kappa shape index (κ3) is 4.06. The lowest BCUT2D eigenvalue weighted by Crippen LogP contribution is -1.86. The predicted molar refractivity (Wildman–Crippen MR) is 36.7 cm³/mol. The maximum Gasteiger partial charge on any atom is 0.290 e. The summed E-state index contributed by atoms with van der Waals surface area (Å²) in [5.41, 5.74) is 0. The lowest BCUT2D eigenvalue weighted by molar-refractivity contribution is -0.123. The topological polar surface area (TPSA) is 54.4 Å². The van der Waals surface area contributed by atoms with Crippen LogP contribution in [0.2, 0.25) is 0 Å². The summed E-state index contributed by atoms with van der Waals surface area (Å²) in [7, 11) is 0. The number of hydrogen-bond acceptors (Lipinski definition) is 2. The third-order valence-corrected chi connectivity index (χ3v) is 1.49. The molecule has 0 aromatic heterocycles. The lowest BCUT2D eigenvalue weighted by Gasteiger charge is -1.90. The second-order valence-electron chi connectivity index (χ2n) is 2.49. The Morgan fingerprint density at radius 3 is 2.30 bits per heavy atom. The summed E-state index contributed by atoms with van der Waals surface area (Å²) < 4.78 is 0. The number of carboxylic acid groups (broad SMARTS) is 1. The largest absolute Gasteiger partial charge is 0.483 e. The molecule has 58 valence electrons. The van der Waals surface area contributed by atoms with Gasteiger partial charge in [0.05, 0.1) is 0 Å². The molecule has 3 nitrogen and oxygen atoms in total. The molecule has 0 aromatic carbocycles. The zero-order valence-electron chi connectivity index (χ0n) is 6.04. The maximum atomic E-state index is 10.5. The zero-order chi connectivity index (χ0) is 7.98. The Labute approximate surface area is 60.0 Å². The average Bonchev–Trinajstić information content (AvgIpc) is 2.17. The zero-order valence-corrected chi connectivity index (χ0v) is 6.04. The molecule has 0 bridgehead atoms. The van der Waals surface area contributed by atoms with Crippen LogP contribution in [0.3, 0.4) is 0 Å². The van der Waals surface area contributed by atoms with Crippen LogP contribution in [0, 0.1) is 5.92 Å². The molecule has 3 heteroatoms. The van der Waals surface area contributed by atoms with Gasteiger partial charge in [0.1, 0.15) is 5.78 Å². The molecule has 1 aliphatic rings. The van der Waals surface area contributed by atoms with Crippen molar-refractivity contribution in [2.75, 3.05) is 0 Å². The standard InChI is InChI=1S/C6H10O.CH2O2/c1-5-2-3-6(7)4-5;2-1-3/h5H,2-4H2,1H3;1H,(H,2,3). The van der Waals surface area contributed by atoms with Crippen LogP contribution in [0.1, 0.15) is 26.2 Å². The first-order chi connectivity index (χ1) is 4.70. The van der Waals surface area contributed by atoms with Crippen LogP contribution in [-0.2, 0) is 9.59 Å². The third-order valence-electron chi connectivity index (χ3n) is 1.49. The fourth-order valence-corrected chi connectivity index (χ4v) is 1.00. The molecule has 0 aliphatic heterocycles. The van der Waals surface area contributed by atoms with E-state index in [1.807, 2.05) is 0 Å². The normalized spacial score (nSPS) is 23.3. The van der Waals surface area contributed by atoms with E-state index in [9.17, 15) is 4.79 Å². The van der Waals surface area contributed by atoms with E-state index in [1.165, 1.54) is 0 Å². The van der Waals surface area contributed by atoms with Crippen molar-refractivity contribution < 1.29 is 14.7 Å². The minimum atomic E-state index is -0.250. The number of hydrogen-bond donors (Lipinski definition) is 1. The first kappa shape index (κ1) is 9.14. The smallest absolute Gasteiger partial charge is 0.290 e. The molecular weight excluding hydrogens is 132 g/mol. The summed E-state index contributed by atoms with van der Waals surface area (Å²) in [4.78, 5) is 18.8. The number of ketones is 1. The second-order valence-corrected chi connectivity index (χ2v) is 2.49. The van der Waals surface area contributed by atoms with Gasteiger partial charge in [-0.3, -0.25) is 9.59 Å². The highest BCUT2D eigenvalue weighted by atomic mass is 16.3. The lowest BCUT2D eigenvalue weighted by atomic mass is 10.1. The van der Waals surface area contributed by atoms with Crippen molar-refractivity contribution in [1.82, 2.24) is 0 Å². The molecule has 0 aromatic rings. The molecule has 1 atom stereocenters. The van der Waals surface area contributed by atoms with Crippen molar-refractivity contribution in [3.63, 3.8) is 0 Å². The minimum Gasteiger partial charge on any atom is -0.483 e. The summed E-state index contributed by atoms with van der Waals surface area (Å²) in [6.07, 6.45) is 2.79.